The molecule has 116 valence electrons. The molecule has 0 unspecified atom stereocenters. The predicted molar refractivity (Wildman–Crippen MR) is 84.4 cm³/mol. The van der Waals surface area contributed by atoms with Crippen LogP contribution in [0.3, 0.4) is 0 Å². The fourth-order valence-corrected chi connectivity index (χ4v) is 2.19. The number of halogens is 1. The van der Waals surface area contributed by atoms with Crippen molar-refractivity contribution < 1.29 is 14.3 Å². The molecule has 0 spiro atoms. The van der Waals surface area contributed by atoms with Crippen LogP contribution >= 0.6 is 0 Å². The first-order valence-corrected chi connectivity index (χ1v) is 6.98. The Labute approximate surface area is 132 Å². The largest absolute Gasteiger partial charge is 0.508 e. The van der Waals surface area contributed by atoms with Gasteiger partial charge in [0.1, 0.15) is 18.2 Å². The van der Waals surface area contributed by atoms with E-state index in [-0.39, 0.29) is 11.4 Å². The number of carbonyl (C=O) groups excluding carboxylic acids is 1. The van der Waals surface area contributed by atoms with Crippen molar-refractivity contribution in [2.45, 2.75) is 6.67 Å². The van der Waals surface area contributed by atoms with Crippen molar-refractivity contribution in [2.24, 2.45) is 0 Å². The molecule has 0 aliphatic carbocycles. The lowest BCUT2D eigenvalue weighted by atomic mass is 10.2. The van der Waals surface area contributed by atoms with E-state index in [2.05, 4.69) is 10.4 Å². The molecular formula is C17H14FN3O2. The van der Waals surface area contributed by atoms with E-state index in [1.807, 2.05) is 18.2 Å². The van der Waals surface area contributed by atoms with Crippen LogP contribution in [-0.4, -0.2) is 20.8 Å². The number of benzene rings is 2. The monoisotopic (exact) mass is 311 g/mol. The normalized spacial score (nSPS) is 10.5. The Balaban J connectivity index is 1.93. The summed E-state index contributed by atoms with van der Waals surface area (Å²) >= 11 is 0. The molecule has 0 radical (unpaired) electrons. The van der Waals surface area contributed by atoms with Gasteiger partial charge in [0.2, 0.25) is 0 Å². The fourth-order valence-electron chi connectivity index (χ4n) is 2.19. The Morgan fingerprint density at radius 1 is 1.13 bits per heavy atom. The highest BCUT2D eigenvalue weighted by atomic mass is 19.1. The maximum absolute atomic E-state index is 12.9. The zero-order chi connectivity index (χ0) is 16.2. The quantitative estimate of drug-likeness (QED) is 0.777. The number of aromatic nitrogens is 2. The van der Waals surface area contributed by atoms with Gasteiger partial charge in [-0.25, -0.2) is 9.07 Å². The van der Waals surface area contributed by atoms with Gasteiger partial charge in [0.25, 0.3) is 5.91 Å². The summed E-state index contributed by atoms with van der Waals surface area (Å²) in [4.78, 5) is 12.3. The maximum Gasteiger partial charge on any atom is 0.256 e. The van der Waals surface area contributed by atoms with E-state index in [9.17, 15) is 14.3 Å². The summed E-state index contributed by atoms with van der Waals surface area (Å²) in [7, 11) is 0. The van der Waals surface area contributed by atoms with E-state index in [4.69, 9.17) is 0 Å². The second-order valence-corrected chi connectivity index (χ2v) is 4.91. The number of anilines is 1. The molecule has 3 rings (SSSR count). The third kappa shape index (κ3) is 3.21. The van der Waals surface area contributed by atoms with Crippen molar-refractivity contribution in [3.05, 3.63) is 71.9 Å². The Morgan fingerprint density at radius 2 is 1.91 bits per heavy atom. The molecule has 2 N–H and O–H groups in total. The van der Waals surface area contributed by atoms with Crippen LogP contribution in [-0.2, 0) is 6.67 Å². The summed E-state index contributed by atoms with van der Waals surface area (Å²) in [6, 6.07) is 16.6. The molecule has 0 bridgehead atoms. The minimum Gasteiger partial charge on any atom is -0.508 e. The highest BCUT2D eigenvalue weighted by molar-refractivity contribution is 6.04. The zero-order valence-corrected chi connectivity index (χ0v) is 12.1. The van der Waals surface area contributed by atoms with E-state index in [0.717, 1.165) is 0 Å². The van der Waals surface area contributed by atoms with Crippen LogP contribution in [0.15, 0.2) is 60.7 Å². The molecule has 0 fully saturated rings. The van der Waals surface area contributed by atoms with E-state index in [0.29, 0.717) is 17.1 Å². The van der Waals surface area contributed by atoms with Crippen molar-refractivity contribution in [3.8, 4) is 11.4 Å². The van der Waals surface area contributed by atoms with Crippen molar-refractivity contribution in [2.75, 3.05) is 5.32 Å². The molecule has 5 nitrogen and oxygen atoms in total. The number of nitrogens with one attached hydrogen (secondary N) is 1. The second kappa shape index (κ2) is 6.31. The first-order valence-electron chi connectivity index (χ1n) is 6.98. The fraction of sp³-hybridized carbons (Fsp3) is 0.0588. The third-order valence-corrected chi connectivity index (χ3v) is 3.25. The molecule has 23 heavy (non-hydrogen) atoms. The van der Waals surface area contributed by atoms with Gasteiger partial charge in [-0.05, 0) is 30.3 Å². The minimum absolute atomic E-state index is 0.00124. The summed E-state index contributed by atoms with van der Waals surface area (Å²) in [5.74, 6) is -0.0563. The minimum atomic E-state index is -0.727. The number of amides is 1. The van der Waals surface area contributed by atoms with Crippen molar-refractivity contribution in [1.29, 1.82) is 0 Å². The van der Waals surface area contributed by atoms with Gasteiger partial charge in [-0.15, -0.1) is 0 Å². The van der Waals surface area contributed by atoms with Crippen LogP contribution < -0.4 is 5.32 Å². The molecule has 3 aromatic rings. The predicted octanol–water partition coefficient (Wildman–Crippen LogP) is 3.30. The Morgan fingerprint density at radius 3 is 2.61 bits per heavy atom. The average molecular weight is 311 g/mol. The number of phenolic OH excluding ortho intramolecular Hbond substituents is 1. The number of aromatic hydroxyl groups is 1. The molecule has 6 heteroatoms. The van der Waals surface area contributed by atoms with Crippen molar-refractivity contribution in [3.63, 3.8) is 0 Å². The van der Waals surface area contributed by atoms with E-state index in [1.165, 1.54) is 22.9 Å². The third-order valence-electron chi connectivity index (χ3n) is 3.25. The maximum atomic E-state index is 12.9. The van der Waals surface area contributed by atoms with Crippen LogP contribution in [0.4, 0.5) is 10.2 Å². The number of nitrogens with zero attached hydrogens (tertiary/aromatic N) is 2. The number of para-hydroxylation sites is 1. The van der Waals surface area contributed by atoms with Crippen molar-refractivity contribution in [1.82, 2.24) is 9.78 Å². The van der Waals surface area contributed by atoms with Gasteiger partial charge < -0.3 is 10.4 Å². The van der Waals surface area contributed by atoms with Crippen LogP contribution in [0, 0.1) is 0 Å². The summed E-state index contributed by atoms with van der Waals surface area (Å²) in [5, 5.41) is 16.3. The first kappa shape index (κ1) is 14.8. The van der Waals surface area contributed by atoms with Crippen molar-refractivity contribution >= 4 is 11.7 Å². The van der Waals surface area contributed by atoms with Crippen LogP contribution in [0.25, 0.3) is 5.69 Å². The molecule has 0 saturated heterocycles. The molecular weight excluding hydrogens is 297 g/mol. The lowest BCUT2D eigenvalue weighted by Crippen LogP contribution is -2.15. The lowest BCUT2D eigenvalue weighted by molar-refractivity contribution is 0.102. The average Bonchev–Trinajstić information content (AvgIpc) is 2.98. The molecule has 1 aromatic heterocycles. The number of carbonyl (C=O) groups is 1. The SMILES string of the molecule is O=C(Nc1cc(CF)nn1-c1ccccc1)c1cccc(O)c1. The molecule has 0 atom stereocenters. The van der Waals surface area contributed by atoms with Gasteiger partial charge in [0.15, 0.2) is 0 Å². The molecule has 0 saturated carbocycles. The number of alkyl halides is 1. The molecule has 0 aliphatic rings. The number of hydrogen-bond donors (Lipinski definition) is 2. The highest BCUT2D eigenvalue weighted by Crippen LogP contribution is 2.19. The van der Waals surface area contributed by atoms with Crippen LogP contribution in [0.2, 0.25) is 0 Å². The van der Waals surface area contributed by atoms with Crippen LogP contribution in [0.5, 0.6) is 5.75 Å². The van der Waals surface area contributed by atoms with Gasteiger partial charge in [-0.1, -0.05) is 24.3 Å². The molecule has 0 aliphatic heterocycles. The number of rotatable bonds is 4. The molecule has 1 heterocycles. The number of hydrogen-bond acceptors (Lipinski definition) is 3. The summed E-state index contributed by atoms with van der Waals surface area (Å²) in [5.41, 5.74) is 1.23. The summed E-state index contributed by atoms with van der Waals surface area (Å²) in [6.07, 6.45) is 0. The topological polar surface area (TPSA) is 67.2 Å². The molecule has 2 aromatic carbocycles. The van der Waals surface area contributed by atoms with E-state index >= 15 is 0 Å². The molecule has 1 amide bonds. The van der Waals surface area contributed by atoms with Gasteiger partial charge in [-0.3, -0.25) is 4.79 Å². The number of phenols is 1. The Hall–Kier alpha value is -3.15. The summed E-state index contributed by atoms with van der Waals surface area (Å²) < 4.78 is 14.4. The summed E-state index contributed by atoms with van der Waals surface area (Å²) in [6.45, 7) is -0.727. The second-order valence-electron chi connectivity index (χ2n) is 4.91. The van der Waals surface area contributed by atoms with Crippen LogP contribution in [0.1, 0.15) is 16.1 Å². The Kier molecular flexibility index (Phi) is 4.05. The standard InChI is InChI=1S/C17H14FN3O2/c18-11-13-10-16(21(20-13)14-6-2-1-3-7-14)19-17(23)12-5-4-8-15(22)9-12/h1-10,22H,11H2,(H,19,23). The Bertz CT molecular complexity index is 831. The van der Waals surface area contributed by atoms with Gasteiger partial charge in [-0.2, -0.15) is 5.10 Å². The van der Waals surface area contributed by atoms with Gasteiger partial charge in [0.05, 0.1) is 11.4 Å². The van der Waals surface area contributed by atoms with Gasteiger partial charge in [0, 0.05) is 11.6 Å². The van der Waals surface area contributed by atoms with E-state index < -0.39 is 12.6 Å². The first-order chi connectivity index (χ1) is 11.2. The van der Waals surface area contributed by atoms with Gasteiger partial charge >= 0.3 is 0 Å². The lowest BCUT2D eigenvalue weighted by Gasteiger charge is -2.09. The smallest absolute Gasteiger partial charge is 0.256 e. The zero-order valence-electron chi connectivity index (χ0n) is 12.1. The van der Waals surface area contributed by atoms with E-state index in [1.54, 1.807) is 24.3 Å². The highest BCUT2D eigenvalue weighted by Gasteiger charge is 2.14.